The van der Waals surface area contributed by atoms with Gasteiger partial charge in [-0.15, -0.1) is 0 Å². The largest absolute Gasteiger partial charge is 0.386 e. The average molecular weight is 348 g/mol. The third-order valence-corrected chi connectivity index (χ3v) is 4.55. The molecule has 1 aliphatic carbocycles. The van der Waals surface area contributed by atoms with Crippen LogP contribution in [0.4, 0.5) is 4.39 Å². The predicted molar refractivity (Wildman–Crippen MR) is 93.6 cm³/mol. The molecule has 1 aromatic rings. The van der Waals surface area contributed by atoms with E-state index in [0.717, 1.165) is 19.4 Å². The zero-order chi connectivity index (χ0) is 17.8. The first kappa shape index (κ1) is 17.7. The second-order valence-electron chi connectivity index (χ2n) is 6.50. The highest BCUT2D eigenvalue weighted by atomic mass is 19.1. The highest BCUT2D eigenvalue weighted by Gasteiger charge is 2.36. The van der Waals surface area contributed by atoms with E-state index >= 15 is 0 Å². The topological polar surface area (TPSA) is 68.2 Å². The van der Waals surface area contributed by atoms with Gasteiger partial charge < -0.3 is 20.2 Å². The van der Waals surface area contributed by atoms with Crippen LogP contribution in [0.25, 0.3) is 0 Å². The molecule has 7 heteroatoms. The van der Waals surface area contributed by atoms with Gasteiger partial charge in [0.05, 0.1) is 19.2 Å². The standard InChI is InChI=1S/C18H25FN4O2/c1-2-20-18(21-11-16(24)13-3-5-14(19)6-4-13)22-9-10-23(15-7-8-15)17(25)12-22/h3-6,15-16,24H,2,7-12H2,1H3,(H,20,21). The number of aliphatic hydroxyl groups excluding tert-OH is 1. The highest BCUT2D eigenvalue weighted by Crippen LogP contribution is 2.28. The van der Waals surface area contributed by atoms with Gasteiger partial charge in [0.1, 0.15) is 5.82 Å². The minimum atomic E-state index is -0.808. The number of nitrogens with zero attached hydrogens (tertiary/aromatic N) is 3. The molecule has 0 spiro atoms. The van der Waals surface area contributed by atoms with Gasteiger partial charge in [0.2, 0.25) is 5.91 Å². The molecule has 0 bridgehead atoms. The molecule has 1 saturated heterocycles. The van der Waals surface area contributed by atoms with Gasteiger partial charge >= 0.3 is 0 Å². The summed E-state index contributed by atoms with van der Waals surface area (Å²) in [6, 6.07) is 6.20. The quantitative estimate of drug-likeness (QED) is 0.618. The maximum atomic E-state index is 13.0. The molecule has 25 heavy (non-hydrogen) atoms. The minimum absolute atomic E-state index is 0.137. The molecule has 1 amide bonds. The van der Waals surface area contributed by atoms with E-state index in [1.165, 1.54) is 12.1 Å². The van der Waals surface area contributed by atoms with E-state index in [-0.39, 0.29) is 18.3 Å². The lowest BCUT2D eigenvalue weighted by molar-refractivity contribution is -0.135. The lowest BCUT2D eigenvalue weighted by atomic mass is 10.1. The smallest absolute Gasteiger partial charge is 0.242 e. The molecular formula is C18H25FN4O2. The van der Waals surface area contributed by atoms with E-state index in [0.29, 0.717) is 37.2 Å². The molecule has 2 N–H and O–H groups in total. The van der Waals surface area contributed by atoms with Crippen LogP contribution in [0.3, 0.4) is 0 Å². The lowest BCUT2D eigenvalue weighted by Gasteiger charge is -2.36. The number of guanidine groups is 1. The molecule has 1 saturated carbocycles. The average Bonchev–Trinajstić information content (AvgIpc) is 3.43. The number of carbonyl (C=O) groups excluding carboxylic acids is 1. The van der Waals surface area contributed by atoms with Crippen LogP contribution in [0.1, 0.15) is 31.4 Å². The van der Waals surface area contributed by atoms with Crippen molar-refractivity contribution in [1.29, 1.82) is 0 Å². The van der Waals surface area contributed by atoms with Crippen LogP contribution < -0.4 is 5.32 Å². The second kappa shape index (κ2) is 7.82. The number of piperazine rings is 1. The maximum absolute atomic E-state index is 13.0. The fourth-order valence-electron chi connectivity index (χ4n) is 3.03. The number of aliphatic imine (C=N–C) groups is 1. The number of rotatable bonds is 5. The number of hydrogen-bond acceptors (Lipinski definition) is 3. The van der Waals surface area contributed by atoms with E-state index in [1.54, 1.807) is 12.1 Å². The molecule has 1 aliphatic heterocycles. The zero-order valence-corrected chi connectivity index (χ0v) is 14.5. The number of benzene rings is 1. The summed E-state index contributed by atoms with van der Waals surface area (Å²) in [4.78, 5) is 20.7. The zero-order valence-electron chi connectivity index (χ0n) is 14.5. The van der Waals surface area contributed by atoms with Gasteiger partial charge in [0, 0.05) is 25.7 Å². The van der Waals surface area contributed by atoms with Gasteiger partial charge in [-0.25, -0.2) is 4.39 Å². The number of carbonyl (C=O) groups is 1. The third kappa shape index (κ3) is 4.48. The normalized spacial score (nSPS) is 20.0. The first-order valence-electron chi connectivity index (χ1n) is 8.84. The Hall–Kier alpha value is -2.15. The Balaban J connectivity index is 1.62. The van der Waals surface area contributed by atoms with Crippen LogP contribution in [-0.4, -0.2) is 65.5 Å². The molecule has 0 radical (unpaired) electrons. The van der Waals surface area contributed by atoms with E-state index in [1.807, 2.05) is 16.7 Å². The molecule has 2 aliphatic rings. The third-order valence-electron chi connectivity index (χ3n) is 4.55. The van der Waals surface area contributed by atoms with Crippen LogP contribution in [0.5, 0.6) is 0 Å². The first-order valence-corrected chi connectivity index (χ1v) is 8.84. The Morgan fingerprint density at radius 3 is 2.68 bits per heavy atom. The number of amides is 1. The summed E-state index contributed by atoms with van der Waals surface area (Å²) in [5, 5.41) is 13.4. The van der Waals surface area contributed by atoms with Crippen LogP contribution in [-0.2, 0) is 4.79 Å². The van der Waals surface area contributed by atoms with E-state index in [2.05, 4.69) is 10.3 Å². The molecule has 2 fully saturated rings. The molecule has 1 heterocycles. The van der Waals surface area contributed by atoms with E-state index in [4.69, 9.17) is 0 Å². The van der Waals surface area contributed by atoms with Crippen LogP contribution in [0, 0.1) is 5.82 Å². The molecule has 1 unspecified atom stereocenters. The SMILES string of the molecule is CCNC(=NCC(O)c1ccc(F)cc1)N1CCN(C2CC2)C(=O)C1. The highest BCUT2D eigenvalue weighted by molar-refractivity contribution is 5.88. The van der Waals surface area contributed by atoms with Crippen molar-refractivity contribution in [2.24, 2.45) is 4.99 Å². The fraction of sp³-hybridized carbons (Fsp3) is 0.556. The summed E-state index contributed by atoms with van der Waals surface area (Å²) in [5.41, 5.74) is 0.621. The number of halogens is 1. The summed E-state index contributed by atoms with van der Waals surface area (Å²) in [5.74, 6) is 0.436. The Labute approximate surface area is 147 Å². The first-order chi connectivity index (χ1) is 12.1. The molecule has 1 atom stereocenters. The number of aliphatic hydroxyl groups is 1. The van der Waals surface area contributed by atoms with Gasteiger partial charge in [-0.1, -0.05) is 12.1 Å². The van der Waals surface area contributed by atoms with Crippen LogP contribution in [0.15, 0.2) is 29.3 Å². The summed E-state index contributed by atoms with van der Waals surface area (Å²) in [6.45, 7) is 4.58. The van der Waals surface area contributed by atoms with Crippen molar-refractivity contribution in [3.05, 3.63) is 35.6 Å². The van der Waals surface area contributed by atoms with Crippen LogP contribution in [0.2, 0.25) is 0 Å². The van der Waals surface area contributed by atoms with Crippen LogP contribution >= 0.6 is 0 Å². The van der Waals surface area contributed by atoms with Gasteiger partial charge in [-0.2, -0.15) is 0 Å². The van der Waals surface area contributed by atoms with Crippen molar-refractivity contribution in [3.8, 4) is 0 Å². The maximum Gasteiger partial charge on any atom is 0.242 e. The summed E-state index contributed by atoms with van der Waals surface area (Å²) < 4.78 is 13.0. The summed E-state index contributed by atoms with van der Waals surface area (Å²) in [6.07, 6.45) is 1.42. The van der Waals surface area contributed by atoms with Crippen molar-refractivity contribution < 1.29 is 14.3 Å². The summed E-state index contributed by atoms with van der Waals surface area (Å²) >= 11 is 0. The van der Waals surface area contributed by atoms with Gasteiger partial charge in [-0.3, -0.25) is 9.79 Å². The molecular weight excluding hydrogens is 323 g/mol. The molecule has 136 valence electrons. The molecule has 6 nitrogen and oxygen atoms in total. The van der Waals surface area contributed by atoms with Gasteiger partial charge in [-0.05, 0) is 37.5 Å². The van der Waals surface area contributed by atoms with E-state index in [9.17, 15) is 14.3 Å². The Bertz CT molecular complexity index is 630. The van der Waals surface area contributed by atoms with Gasteiger partial charge in [0.25, 0.3) is 0 Å². The Morgan fingerprint density at radius 1 is 1.36 bits per heavy atom. The van der Waals surface area contributed by atoms with Crippen molar-refractivity contribution in [1.82, 2.24) is 15.1 Å². The minimum Gasteiger partial charge on any atom is -0.386 e. The molecule has 1 aromatic carbocycles. The van der Waals surface area contributed by atoms with Gasteiger partial charge in [0.15, 0.2) is 5.96 Å². The molecule has 3 rings (SSSR count). The summed E-state index contributed by atoms with van der Waals surface area (Å²) in [7, 11) is 0. The van der Waals surface area contributed by atoms with Crippen molar-refractivity contribution in [2.45, 2.75) is 31.9 Å². The van der Waals surface area contributed by atoms with Crippen molar-refractivity contribution in [2.75, 3.05) is 32.7 Å². The number of hydrogen-bond donors (Lipinski definition) is 2. The second-order valence-corrected chi connectivity index (χ2v) is 6.50. The van der Waals surface area contributed by atoms with Crippen molar-refractivity contribution in [3.63, 3.8) is 0 Å². The molecule has 0 aromatic heterocycles. The fourth-order valence-corrected chi connectivity index (χ4v) is 3.03. The number of nitrogens with one attached hydrogen (secondary N) is 1. The lowest BCUT2D eigenvalue weighted by Crippen LogP contribution is -2.55. The van der Waals surface area contributed by atoms with Crippen molar-refractivity contribution >= 4 is 11.9 Å². The Kier molecular flexibility index (Phi) is 5.53. The Morgan fingerprint density at radius 2 is 2.08 bits per heavy atom. The predicted octanol–water partition coefficient (Wildman–Crippen LogP) is 1.13. The monoisotopic (exact) mass is 348 g/mol. The van der Waals surface area contributed by atoms with E-state index < -0.39 is 6.10 Å².